The minimum absolute atomic E-state index is 0.133. The number of carboxylic acid groups (broad SMARTS) is 1. The molecular formula is C17H21N3O4. The summed E-state index contributed by atoms with van der Waals surface area (Å²) >= 11 is 0. The van der Waals surface area contributed by atoms with Crippen LogP contribution in [0.2, 0.25) is 0 Å². The summed E-state index contributed by atoms with van der Waals surface area (Å²) in [6, 6.07) is 9.00. The second-order valence-corrected chi connectivity index (χ2v) is 5.55. The van der Waals surface area contributed by atoms with Crippen molar-refractivity contribution in [2.24, 2.45) is 5.10 Å². The Labute approximate surface area is 140 Å². The summed E-state index contributed by atoms with van der Waals surface area (Å²) in [5, 5.41) is 16.8. The van der Waals surface area contributed by atoms with Crippen molar-refractivity contribution in [3.05, 3.63) is 30.3 Å². The van der Waals surface area contributed by atoms with Crippen LogP contribution in [0.3, 0.4) is 0 Å². The summed E-state index contributed by atoms with van der Waals surface area (Å²) in [6.07, 6.45) is 2.78. The number of aliphatic carboxylic acids is 1. The summed E-state index contributed by atoms with van der Waals surface area (Å²) in [5.74, 6) is -1.21. The summed E-state index contributed by atoms with van der Waals surface area (Å²) in [6.45, 7) is 0.469. The number of amides is 2. The zero-order chi connectivity index (χ0) is 17.4. The lowest BCUT2D eigenvalue weighted by atomic mass is 10.1. The number of unbranched alkanes of at least 4 members (excludes halogenated alkanes) is 2. The summed E-state index contributed by atoms with van der Waals surface area (Å²) in [7, 11) is 0. The highest BCUT2D eigenvalue weighted by atomic mass is 16.4. The van der Waals surface area contributed by atoms with E-state index in [1.807, 2.05) is 18.2 Å². The van der Waals surface area contributed by atoms with E-state index in [9.17, 15) is 14.4 Å². The van der Waals surface area contributed by atoms with Gasteiger partial charge < -0.3 is 10.4 Å². The van der Waals surface area contributed by atoms with Crippen LogP contribution in [0.25, 0.3) is 0 Å². The van der Waals surface area contributed by atoms with Crippen molar-refractivity contribution in [3.63, 3.8) is 0 Å². The van der Waals surface area contributed by atoms with Gasteiger partial charge in [0.1, 0.15) is 5.71 Å². The Bertz CT molecular complexity index is 628. The molecular weight excluding hydrogens is 310 g/mol. The predicted molar refractivity (Wildman–Crippen MR) is 89.7 cm³/mol. The third kappa shape index (κ3) is 5.19. The summed E-state index contributed by atoms with van der Waals surface area (Å²) < 4.78 is 0. The van der Waals surface area contributed by atoms with Gasteiger partial charge in [-0.25, -0.2) is 5.01 Å². The van der Waals surface area contributed by atoms with Crippen molar-refractivity contribution in [2.75, 3.05) is 11.6 Å². The maximum absolute atomic E-state index is 12.1. The van der Waals surface area contributed by atoms with Gasteiger partial charge in [0.15, 0.2) is 0 Å². The number of rotatable bonds is 8. The van der Waals surface area contributed by atoms with Gasteiger partial charge in [0.05, 0.1) is 5.69 Å². The standard InChI is InChI=1S/C17H21N3O4/c21-15-11-10-14(19-20(15)13-7-3-1-4-8-13)17(24)18-12-6-2-5-9-16(22)23/h1,3-4,7-8H,2,5-6,9-12H2,(H,18,24)(H,22,23). The minimum atomic E-state index is -0.804. The molecule has 0 atom stereocenters. The quantitative estimate of drug-likeness (QED) is 0.711. The molecule has 1 aliphatic heterocycles. The molecule has 1 heterocycles. The van der Waals surface area contributed by atoms with Gasteiger partial charge in [-0.15, -0.1) is 0 Å². The molecule has 2 N–H and O–H groups in total. The summed E-state index contributed by atoms with van der Waals surface area (Å²) in [4.78, 5) is 34.5. The molecule has 128 valence electrons. The van der Waals surface area contributed by atoms with E-state index in [1.54, 1.807) is 12.1 Å². The van der Waals surface area contributed by atoms with E-state index >= 15 is 0 Å². The fraction of sp³-hybridized carbons (Fsp3) is 0.412. The third-order valence-electron chi connectivity index (χ3n) is 3.65. The second kappa shape index (κ2) is 8.81. The normalized spacial score (nSPS) is 14.2. The first-order valence-corrected chi connectivity index (χ1v) is 8.03. The zero-order valence-electron chi connectivity index (χ0n) is 13.4. The molecule has 0 aromatic heterocycles. The number of hydrogen-bond donors (Lipinski definition) is 2. The molecule has 0 radical (unpaired) electrons. The van der Waals surface area contributed by atoms with Crippen molar-refractivity contribution in [3.8, 4) is 0 Å². The van der Waals surface area contributed by atoms with Crippen molar-refractivity contribution in [2.45, 2.75) is 38.5 Å². The van der Waals surface area contributed by atoms with E-state index in [2.05, 4.69) is 10.4 Å². The lowest BCUT2D eigenvalue weighted by Crippen LogP contribution is -2.39. The highest BCUT2D eigenvalue weighted by molar-refractivity contribution is 6.40. The first kappa shape index (κ1) is 17.7. The van der Waals surface area contributed by atoms with Crippen molar-refractivity contribution in [1.29, 1.82) is 0 Å². The number of hydrazone groups is 1. The van der Waals surface area contributed by atoms with E-state index in [0.29, 0.717) is 37.2 Å². The highest BCUT2D eigenvalue weighted by Gasteiger charge is 2.25. The Morgan fingerprint density at radius 1 is 1.12 bits per heavy atom. The molecule has 0 saturated carbocycles. The Hall–Kier alpha value is -2.70. The monoisotopic (exact) mass is 331 g/mol. The number of benzene rings is 1. The van der Waals surface area contributed by atoms with Gasteiger partial charge in [0.25, 0.3) is 5.91 Å². The molecule has 7 heteroatoms. The number of nitrogens with zero attached hydrogens (tertiary/aromatic N) is 2. The first-order chi connectivity index (χ1) is 11.6. The van der Waals surface area contributed by atoms with Gasteiger partial charge in [-0.05, 0) is 25.0 Å². The van der Waals surface area contributed by atoms with E-state index < -0.39 is 5.97 Å². The molecule has 7 nitrogen and oxygen atoms in total. The predicted octanol–water partition coefficient (Wildman–Crippen LogP) is 1.93. The van der Waals surface area contributed by atoms with Gasteiger partial charge in [0, 0.05) is 25.8 Å². The van der Waals surface area contributed by atoms with Crippen LogP contribution < -0.4 is 10.3 Å². The molecule has 0 saturated heterocycles. The van der Waals surface area contributed by atoms with Crippen molar-refractivity contribution < 1.29 is 19.5 Å². The minimum Gasteiger partial charge on any atom is -0.481 e. The number of hydrogen-bond acceptors (Lipinski definition) is 4. The lowest BCUT2D eigenvalue weighted by Gasteiger charge is -2.23. The second-order valence-electron chi connectivity index (χ2n) is 5.55. The van der Waals surface area contributed by atoms with Crippen LogP contribution >= 0.6 is 0 Å². The molecule has 0 bridgehead atoms. The SMILES string of the molecule is O=C(O)CCCCCNC(=O)C1=NN(c2ccccc2)C(=O)CC1. The van der Waals surface area contributed by atoms with E-state index in [1.165, 1.54) is 5.01 Å². The maximum atomic E-state index is 12.1. The van der Waals surface area contributed by atoms with E-state index in [0.717, 1.165) is 6.42 Å². The fourth-order valence-electron chi connectivity index (χ4n) is 2.37. The number of anilines is 1. The maximum Gasteiger partial charge on any atom is 0.303 e. The number of carbonyl (C=O) groups is 3. The van der Waals surface area contributed by atoms with Crippen LogP contribution in [0.5, 0.6) is 0 Å². The van der Waals surface area contributed by atoms with Crippen LogP contribution in [0.4, 0.5) is 5.69 Å². The third-order valence-corrected chi connectivity index (χ3v) is 3.65. The average molecular weight is 331 g/mol. The number of nitrogens with one attached hydrogen (secondary N) is 1. The Morgan fingerprint density at radius 2 is 1.88 bits per heavy atom. The Balaban J connectivity index is 1.85. The molecule has 2 rings (SSSR count). The molecule has 1 aromatic rings. The molecule has 1 aromatic carbocycles. The molecule has 0 aliphatic carbocycles. The van der Waals surface area contributed by atoms with Gasteiger partial charge in [-0.3, -0.25) is 14.4 Å². The molecule has 0 unspecified atom stereocenters. The first-order valence-electron chi connectivity index (χ1n) is 8.03. The molecule has 2 amide bonds. The highest BCUT2D eigenvalue weighted by Crippen LogP contribution is 2.19. The summed E-state index contributed by atoms with van der Waals surface area (Å²) in [5.41, 5.74) is 0.977. The smallest absolute Gasteiger partial charge is 0.303 e. The van der Waals surface area contributed by atoms with Crippen LogP contribution in [-0.2, 0) is 14.4 Å². The van der Waals surface area contributed by atoms with Crippen molar-refractivity contribution in [1.82, 2.24) is 5.32 Å². The molecule has 0 spiro atoms. The number of carboxylic acids is 1. The van der Waals surface area contributed by atoms with Gasteiger partial charge in [0.2, 0.25) is 5.91 Å². The topological polar surface area (TPSA) is 99.1 Å². The van der Waals surface area contributed by atoms with Crippen LogP contribution in [0.15, 0.2) is 35.4 Å². The molecule has 24 heavy (non-hydrogen) atoms. The Morgan fingerprint density at radius 3 is 2.58 bits per heavy atom. The van der Waals surface area contributed by atoms with Gasteiger partial charge >= 0.3 is 5.97 Å². The van der Waals surface area contributed by atoms with Crippen molar-refractivity contribution >= 4 is 29.2 Å². The number of carbonyl (C=O) groups excluding carboxylic acids is 2. The molecule has 0 fully saturated rings. The largest absolute Gasteiger partial charge is 0.481 e. The Kier molecular flexibility index (Phi) is 6.48. The fourth-order valence-corrected chi connectivity index (χ4v) is 2.37. The van der Waals surface area contributed by atoms with Crippen LogP contribution in [-0.4, -0.2) is 35.1 Å². The average Bonchev–Trinajstić information content (AvgIpc) is 2.58. The number of para-hydroxylation sites is 1. The van der Waals surface area contributed by atoms with Crippen LogP contribution in [0, 0.1) is 0 Å². The zero-order valence-corrected chi connectivity index (χ0v) is 13.4. The van der Waals surface area contributed by atoms with Gasteiger partial charge in [-0.1, -0.05) is 24.6 Å². The van der Waals surface area contributed by atoms with Gasteiger partial charge in [-0.2, -0.15) is 5.10 Å². The van der Waals surface area contributed by atoms with Crippen LogP contribution in [0.1, 0.15) is 38.5 Å². The molecule has 1 aliphatic rings. The lowest BCUT2D eigenvalue weighted by molar-refractivity contribution is -0.137. The van der Waals surface area contributed by atoms with E-state index in [4.69, 9.17) is 5.11 Å². The van der Waals surface area contributed by atoms with E-state index in [-0.39, 0.29) is 24.7 Å².